The van der Waals surface area contributed by atoms with E-state index in [0.717, 1.165) is 5.56 Å². The topological polar surface area (TPSA) is 78.0 Å². The Morgan fingerprint density at radius 1 is 1.11 bits per heavy atom. The zero-order valence-corrected chi connectivity index (χ0v) is 15.7. The molecular weight excluding hydrogens is 372 g/mol. The summed E-state index contributed by atoms with van der Waals surface area (Å²) in [6.07, 6.45) is -2.77. The first kappa shape index (κ1) is 19.2. The zero-order chi connectivity index (χ0) is 19.8. The summed E-state index contributed by atoms with van der Waals surface area (Å²) in [7, 11) is -4.05. The predicted octanol–water partition coefficient (Wildman–Crippen LogP) is 4.13. The summed E-state index contributed by atoms with van der Waals surface area (Å²) in [4.78, 5) is -0.153. The second-order valence-corrected chi connectivity index (χ2v) is 7.66. The van der Waals surface area contributed by atoms with Gasteiger partial charge < -0.3 is 0 Å². The maximum atomic E-state index is 13.9. The highest BCUT2D eigenvalue weighted by atomic mass is 32.2. The fourth-order valence-electron chi connectivity index (χ4n) is 3.04. The molecule has 0 radical (unpaired) electrons. The first-order chi connectivity index (χ1) is 12.7. The van der Waals surface area contributed by atoms with Gasteiger partial charge >= 0.3 is 0 Å². The van der Waals surface area contributed by atoms with Crippen molar-refractivity contribution in [1.82, 2.24) is 9.78 Å². The lowest BCUT2D eigenvalue weighted by atomic mass is 9.98. The van der Waals surface area contributed by atoms with E-state index >= 15 is 0 Å². The first-order valence-electron chi connectivity index (χ1n) is 8.32. The monoisotopic (exact) mass is 391 g/mol. The largest absolute Gasteiger partial charge is 0.280 e. The molecule has 2 aromatic carbocycles. The van der Waals surface area contributed by atoms with Gasteiger partial charge in [0, 0.05) is 17.7 Å². The van der Waals surface area contributed by atoms with Gasteiger partial charge in [0.1, 0.15) is 11.4 Å². The van der Waals surface area contributed by atoms with Crippen LogP contribution >= 0.6 is 0 Å². The Hall–Kier alpha value is -2.58. The average Bonchev–Trinajstić information content (AvgIpc) is 3.01. The summed E-state index contributed by atoms with van der Waals surface area (Å²) < 4.78 is 53.0. The van der Waals surface area contributed by atoms with Crippen LogP contribution in [0.4, 0.5) is 8.78 Å². The molecule has 8 heteroatoms. The van der Waals surface area contributed by atoms with Crippen molar-refractivity contribution in [3.8, 4) is 22.4 Å². The second-order valence-electron chi connectivity index (χ2n) is 6.13. The van der Waals surface area contributed by atoms with E-state index in [2.05, 4.69) is 5.10 Å². The molecular formula is C19H19F2N3O2S. The van der Waals surface area contributed by atoms with Gasteiger partial charge in [-0.1, -0.05) is 48.0 Å². The van der Waals surface area contributed by atoms with E-state index in [0.29, 0.717) is 5.56 Å². The van der Waals surface area contributed by atoms with Crippen molar-refractivity contribution in [3.05, 3.63) is 59.8 Å². The minimum Gasteiger partial charge on any atom is -0.263 e. The quantitative estimate of drug-likeness (QED) is 0.710. The lowest BCUT2D eigenvalue weighted by Crippen LogP contribution is -2.13. The van der Waals surface area contributed by atoms with Gasteiger partial charge in [-0.05, 0) is 25.5 Å². The molecule has 27 heavy (non-hydrogen) atoms. The maximum Gasteiger partial charge on any atom is 0.280 e. The number of nitrogens with two attached hydrogens (primary N) is 1. The molecule has 0 aliphatic carbocycles. The van der Waals surface area contributed by atoms with E-state index in [1.165, 1.54) is 22.9 Å². The zero-order valence-electron chi connectivity index (χ0n) is 14.9. The number of aromatic nitrogens is 2. The number of halogens is 2. The molecule has 0 saturated carbocycles. The molecule has 0 saturated heterocycles. The number of aryl methyl sites for hydroxylation is 2. The summed E-state index contributed by atoms with van der Waals surface area (Å²) in [5, 5.41) is 9.64. The van der Waals surface area contributed by atoms with Crippen LogP contribution in [-0.4, -0.2) is 18.2 Å². The van der Waals surface area contributed by atoms with Crippen LogP contribution < -0.4 is 5.14 Å². The molecule has 1 heterocycles. The maximum absolute atomic E-state index is 13.9. The standard InChI is InChI=1S/C19H19F2N3O2S/c1-3-24-18(19(20)21)16(13-10-8-12(2)9-11-13)17(23-24)14-6-4-5-7-15(14)27(22,25)26/h4-11,19H,3H2,1-2H3,(H2,22,25,26). The molecule has 0 aliphatic heterocycles. The summed E-state index contributed by atoms with van der Waals surface area (Å²) >= 11 is 0. The highest BCUT2D eigenvalue weighted by Crippen LogP contribution is 2.40. The van der Waals surface area contributed by atoms with Crippen molar-refractivity contribution in [1.29, 1.82) is 0 Å². The number of rotatable bonds is 5. The van der Waals surface area contributed by atoms with Gasteiger partial charge in [0.05, 0.1) is 4.90 Å². The molecule has 142 valence electrons. The molecule has 3 rings (SSSR count). The Labute approximate surface area is 156 Å². The van der Waals surface area contributed by atoms with E-state index in [9.17, 15) is 17.2 Å². The summed E-state index contributed by atoms with van der Waals surface area (Å²) in [6.45, 7) is 3.81. The normalized spacial score (nSPS) is 11.9. The van der Waals surface area contributed by atoms with Crippen molar-refractivity contribution < 1.29 is 17.2 Å². The smallest absolute Gasteiger partial charge is 0.263 e. The molecule has 0 bridgehead atoms. The van der Waals surface area contributed by atoms with Crippen LogP contribution in [0.25, 0.3) is 22.4 Å². The predicted molar refractivity (Wildman–Crippen MR) is 99.8 cm³/mol. The summed E-state index contributed by atoms with van der Waals surface area (Å²) in [5.74, 6) is 0. The van der Waals surface area contributed by atoms with E-state index in [-0.39, 0.29) is 34.0 Å². The SMILES string of the molecule is CCn1nc(-c2ccccc2S(N)(=O)=O)c(-c2ccc(C)cc2)c1C(F)F. The van der Waals surface area contributed by atoms with Crippen molar-refractivity contribution >= 4 is 10.0 Å². The van der Waals surface area contributed by atoms with Crippen LogP contribution in [0.15, 0.2) is 53.4 Å². The molecule has 0 amide bonds. The van der Waals surface area contributed by atoms with Crippen molar-refractivity contribution in [2.45, 2.75) is 31.7 Å². The van der Waals surface area contributed by atoms with Gasteiger partial charge in [0.15, 0.2) is 0 Å². The Balaban J connectivity index is 2.40. The van der Waals surface area contributed by atoms with Gasteiger partial charge in [-0.25, -0.2) is 22.3 Å². The Morgan fingerprint density at radius 3 is 2.30 bits per heavy atom. The van der Waals surface area contributed by atoms with Crippen LogP contribution in [0.2, 0.25) is 0 Å². The van der Waals surface area contributed by atoms with E-state index < -0.39 is 16.4 Å². The first-order valence-corrected chi connectivity index (χ1v) is 9.86. The van der Waals surface area contributed by atoms with E-state index in [4.69, 9.17) is 5.14 Å². The van der Waals surface area contributed by atoms with Crippen molar-refractivity contribution in [3.63, 3.8) is 0 Å². The molecule has 2 N–H and O–H groups in total. The molecule has 0 aliphatic rings. The van der Waals surface area contributed by atoms with Gasteiger partial charge in [-0.2, -0.15) is 5.10 Å². The van der Waals surface area contributed by atoms with Gasteiger partial charge in [0.2, 0.25) is 10.0 Å². The van der Waals surface area contributed by atoms with Gasteiger partial charge in [-0.3, -0.25) is 4.68 Å². The molecule has 0 atom stereocenters. The molecule has 0 spiro atoms. The molecule has 0 fully saturated rings. The number of primary sulfonamides is 1. The Bertz CT molecular complexity index is 1070. The number of nitrogens with zero attached hydrogens (tertiary/aromatic N) is 2. The number of benzene rings is 2. The molecule has 1 aromatic heterocycles. The number of alkyl halides is 2. The van der Waals surface area contributed by atoms with Crippen LogP contribution in [0.5, 0.6) is 0 Å². The van der Waals surface area contributed by atoms with Gasteiger partial charge in [-0.15, -0.1) is 0 Å². The minimum absolute atomic E-state index is 0.153. The van der Waals surface area contributed by atoms with Crippen molar-refractivity contribution in [2.24, 2.45) is 5.14 Å². The lowest BCUT2D eigenvalue weighted by Gasteiger charge is -2.10. The van der Waals surface area contributed by atoms with Crippen LogP contribution in [0, 0.1) is 6.92 Å². The molecule has 5 nitrogen and oxygen atoms in total. The minimum atomic E-state index is -4.05. The second kappa shape index (κ2) is 7.21. The Kier molecular flexibility index (Phi) is 5.12. The van der Waals surface area contributed by atoms with Gasteiger partial charge in [0.25, 0.3) is 6.43 Å². The third kappa shape index (κ3) is 3.63. The van der Waals surface area contributed by atoms with E-state index in [1.807, 2.05) is 19.1 Å². The summed E-state index contributed by atoms with van der Waals surface area (Å²) in [6, 6.07) is 13.1. The lowest BCUT2D eigenvalue weighted by molar-refractivity contribution is 0.140. The third-order valence-electron chi connectivity index (χ3n) is 4.29. The van der Waals surface area contributed by atoms with Crippen molar-refractivity contribution in [2.75, 3.05) is 0 Å². The number of hydrogen-bond acceptors (Lipinski definition) is 3. The van der Waals surface area contributed by atoms with Crippen LogP contribution in [0.1, 0.15) is 24.6 Å². The van der Waals surface area contributed by atoms with Crippen LogP contribution in [-0.2, 0) is 16.6 Å². The number of sulfonamides is 1. The number of hydrogen-bond donors (Lipinski definition) is 1. The fourth-order valence-corrected chi connectivity index (χ4v) is 3.78. The van der Waals surface area contributed by atoms with E-state index in [1.54, 1.807) is 25.1 Å². The highest BCUT2D eigenvalue weighted by Gasteiger charge is 2.28. The summed E-state index contributed by atoms with van der Waals surface area (Å²) in [5.41, 5.74) is 1.84. The fraction of sp³-hybridized carbons (Fsp3) is 0.211. The average molecular weight is 391 g/mol. The molecule has 0 unspecified atom stereocenters. The Morgan fingerprint density at radius 2 is 1.74 bits per heavy atom. The highest BCUT2D eigenvalue weighted by molar-refractivity contribution is 7.89. The van der Waals surface area contributed by atoms with Crippen LogP contribution in [0.3, 0.4) is 0 Å². The third-order valence-corrected chi connectivity index (χ3v) is 5.26. The molecule has 3 aromatic rings.